The highest BCUT2D eigenvalue weighted by molar-refractivity contribution is 5.71. The van der Waals surface area contributed by atoms with E-state index < -0.39 is 6.10 Å². The van der Waals surface area contributed by atoms with E-state index in [1.807, 2.05) is 0 Å². The summed E-state index contributed by atoms with van der Waals surface area (Å²) in [5, 5.41) is 0. The third-order valence-corrected chi connectivity index (χ3v) is 13.6. The van der Waals surface area contributed by atoms with E-state index in [0.29, 0.717) is 19.3 Å². The van der Waals surface area contributed by atoms with Gasteiger partial charge in [-0.3, -0.25) is 14.4 Å². The fourth-order valence-corrected chi connectivity index (χ4v) is 8.74. The van der Waals surface area contributed by atoms with Crippen molar-refractivity contribution in [3.05, 3.63) is 146 Å². The summed E-state index contributed by atoms with van der Waals surface area (Å²) in [6.45, 7) is 6.37. The Morgan fingerprint density at radius 3 is 0.787 bits per heavy atom. The zero-order valence-corrected chi connectivity index (χ0v) is 51.8. The number of allylic oxidation sites excluding steroid dienone is 24. The van der Waals surface area contributed by atoms with E-state index in [1.54, 1.807) is 0 Å². The number of esters is 3. The molecule has 0 aliphatic rings. The quantitative estimate of drug-likeness (QED) is 0.0261. The smallest absolute Gasteiger partial charge is 0.306 e. The number of hydrogen-bond donors (Lipinski definition) is 0. The third-order valence-electron chi connectivity index (χ3n) is 13.6. The first kappa shape index (κ1) is 75.3. The van der Waals surface area contributed by atoms with Crippen LogP contribution in [0.5, 0.6) is 0 Å². The summed E-state index contributed by atoms with van der Waals surface area (Å²) in [5.74, 6) is -0.944. The fraction of sp³-hybridized carbons (Fsp3) is 0.635. The molecule has 0 radical (unpaired) electrons. The molecule has 0 N–H and O–H groups in total. The Kier molecular flexibility index (Phi) is 62.9. The molecular formula is C74H120O6. The second-order valence-corrected chi connectivity index (χ2v) is 21.3. The maximum Gasteiger partial charge on any atom is 0.306 e. The second kappa shape index (κ2) is 66.8. The molecular weight excluding hydrogens is 985 g/mol. The minimum Gasteiger partial charge on any atom is -0.462 e. The highest BCUT2D eigenvalue weighted by Crippen LogP contribution is 2.15. The fourth-order valence-electron chi connectivity index (χ4n) is 8.74. The van der Waals surface area contributed by atoms with Gasteiger partial charge in [-0.25, -0.2) is 0 Å². The molecule has 0 aromatic heterocycles. The van der Waals surface area contributed by atoms with Crippen molar-refractivity contribution in [2.45, 2.75) is 290 Å². The molecule has 0 amide bonds. The van der Waals surface area contributed by atoms with Crippen molar-refractivity contribution in [2.24, 2.45) is 0 Å². The van der Waals surface area contributed by atoms with E-state index in [9.17, 15) is 14.4 Å². The lowest BCUT2D eigenvalue weighted by Crippen LogP contribution is -2.30. The molecule has 0 bridgehead atoms. The Hall–Kier alpha value is -4.71. The summed E-state index contributed by atoms with van der Waals surface area (Å²) < 4.78 is 16.9. The van der Waals surface area contributed by atoms with Crippen LogP contribution >= 0.6 is 0 Å². The van der Waals surface area contributed by atoms with Crippen molar-refractivity contribution < 1.29 is 28.6 Å². The van der Waals surface area contributed by atoms with E-state index >= 15 is 0 Å². The third kappa shape index (κ3) is 64.1. The van der Waals surface area contributed by atoms with Crippen LogP contribution in [0.2, 0.25) is 0 Å². The summed E-state index contributed by atoms with van der Waals surface area (Å²) in [4.78, 5) is 38.2. The summed E-state index contributed by atoms with van der Waals surface area (Å²) in [6.07, 6.45) is 95.8. The zero-order chi connectivity index (χ0) is 57.8. The van der Waals surface area contributed by atoms with Crippen LogP contribution in [0.1, 0.15) is 284 Å². The average Bonchev–Trinajstić information content (AvgIpc) is 3.46. The van der Waals surface area contributed by atoms with Crippen LogP contribution < -0.4 is 0 Å². The standard InChI is InChI=1S/C74H120O6/c1-4-7-10-13-16-19-22-24-26-28-30-32-33-34-35-36-37-38-39-40-41-43-44-46-48-50-52-55-58-61-64-67-73(76)79-70-71(69-78-72(75)66-63-60-57-54-21-18-15-12-9-6-3)80-74(77)68-65-62-59-56-53-51-49-47-45-42-31-29-27-25-23-20-17-14-11-8-5-2/h7-8,10-11,16-17,19-20,24-27,30-32,34-35,37-38,42,47,49,53,56,71H,4-6,9,12-15,18,21-23,28-29,33,36,39-41,43-46,48,50-52,54-55,57-70H2,1-3H3/b10-7-,11-8-,19-16-,20-17-,26-24-,27-25-,32-30-,35-34-,38-37-,42-31-,49-47-,56-53-. The summed E-state index contributed by atoms with van der Waals surface area (Å²) >= 11 is 0. The van der Waals surface area contributed by atoms with E-state index in [2.05, 4.69) is 167 Å². The predicted molar refractivity (Wildman–Crippen MR) is 348 cm³/mol. The monoisotopic (exact) mass is 1100 g/mol. The molecule has 0 saturated carbocycles. The van der Waals surface area contributed by atoms with Gasteiger partial charge in [-0.15, -0.1) is 0 Å². The van der Waals surface area contributed by atoms with Crippen LogP contribution in [0.25, 0.3) is 0 Å². The molecule has 6 heteroatoms. The number of ether oxygens (including phenoxy) is 3. The predicted octanol–water partition coefficient (Wildman–Crippen LogP) is 22.7. The van der Waals surface area contributed by atoms with Gasteiger partial charge in [0, 0.05) is 19.3 Å². The molecule has 0 aliphatic heterocycles. The lowest BCUT2D eigenvalue weighted by molar-refractivity contribution is -0.167. The molecule has 80 heavy (non-hydrogen) atoms. The van der Waals surface area contributed by atoms with Crippen molar-refractivity contribution in [1.82, 2.24) is 0 Å². The molecule has 6 nitrogen and oxygen atoms in total. The van der Waals surface area contributed by atoms with Gasteiger partial charge in [0.15, 0.2) is 6.10 Å². The molecule has 0 rings (SSSR count). The van der Waals surface area contributed by atoms with Crippen molar-refractivity contribution in [2.75, 3.05) is 13.2 Å². The van der Waals surface area contributed by atoms with Gasteiger partial charge in [-0.05, 0) is 122 Å². The SMILES string of the molecule is CC/C=C\C/C=C\C/C=C\C/C=C\C/C=C\C/C=C\CCCCCCCCCCCCCCC(=O)OCC(COC(=O)CCCCCCCCCCCC)OC(=O)CCCC/C=C\C/C=C\C/C=C\C/C=C\C/C=C\C/C=C\CC. The van der Waals surface area contributed by atoms with Crippen molar-refractivity contribution in [3.8, 4) is 0 Å². The minimum absolute atomic E-state index is 0.0980. The average molecular weight is 1110 g/mol. The Morgan fingerprint density at radius 1 is 0.263 bits per heavy atom. The van der Waals surface area contributed by atoms with Crippen LogP contribution in [0, 0.1) is 0 Å². The Labute approximate surface area is 493 Å². The van der Waals surface area contributed by atoms with Gasteiger partial charge in [-0.2, -0.15) is 0 Å². The number of unbranched alkanes of at least 4 members (excludes halogenated alkanes) is 23. The minimum atomic E-state index is -0.806. The van der Waals surface area contributed by atoms with E-state index in [1.165, 1.54) is 109 Å². The lowest BCUT2D eigenvalue weighted by atomic mass is 10.0. The number of rotatable bonds is 58. The molecule has 0 heterocycles. The van der Waals surface area contributed by atoms with E-state index in [-0.39, 0.29) is 37.5 Å². The number of hydrogen-bond acceptors (Lipinski definition) is 6. The maximum absolute atomic E-state index is 12.9. The van der Waals surface area contributed by atoms with Gasteiger partial charge in [0.25, 0.3) is 0 Å². The molecule has 0 saturated heterocycles. The highest BCUT2D eigenvalue weighted by Gasteiger charge is 2.19. The molecule has 0 aromatic rings. The molecule has 0 fully saturated rings. The summed E-state index contributed by atoms with van der Waals surface area (Å²) in [5.41, 5.74) is 0. The Morgan fingerprint density at radius 2 is 0.487 bits per heavy atom. The van der Waals surface area contributed by atoms with Crippen LogP contribution in [-0.4, -0.2) is 37.2 Å². The maximum atomic E-state index is 12.9. The van der Waals surface area contributed by atoms with Crippen molar-refractivity contribution >= 4 is 17.9 Å². The van der Waals surface area contributed by atoms with Gasteiger partial charge < -0.3 is 14.2 Å². The first-order valence-corrected chi connectivity index (χ1v) is 32.8. The van der Waals surface area contributed by atoms with Gasteiger partial charge in [0.1, 0.15) is 13.2 Å². The van der Waals surface area contributed by atoms with Gasteiger partial charge >= 0.3 is 17.9 Å². The van der Waals surface area contributed by atoms with Gasteiger partial charge in [-0.1, -0.05) is 289 Å². The summed E-state index contributed by atoms with van der Waals surface area (Å²) in [7, 11) is 0. The van der Waals surface area contributed by atoms with Crippen LogP contribution in [0.15, 0.2) is 146 Å². The molecule has 0 spiro atoms. The van der Waals surface area contributed by atoms with E-state index in [0.717, 1.165) is 128 Å². The zero-order valence-electron chi connectivity index (χ0n) is 51.8. The van der Waals surface area contributed by atoms with Crippen LogP contribution in [0.4, 0.5) is 0 Å². The topological polar surface area (TPSA) is 78.9 Å². The number of carbonyl (C=O) groups excluding carboxylic acids is 3. The molecule has 0 aliphatic carbocycles. The van der Waals surface area contributed by atoms with Crippen LogP contribution in [-0.2, 0) is 28.6 Å². The Balaban J connectivity index is 4.29. The molecule has 1 unspecified atom stereocenters. The van der Waals surface area contributed by atoms with Crippen LogP contribution in [0.3, 0.4) is 0 Å². The number of carbonyl (C=O) groups is 3. The summed E-state index contributed by atoms with van der Waals surface area (Å²) in [6, 6.07) is 0. The largest absolute Gasteiger partial charge is 0.462 e. The second-order valence-electron chi connectivity index (χ2n) is 21.3. The first-order valence-electron chi connectivity index (χ1n) is 32.8. The molecule has 1 atom stereocenters. The van der Waals surface area contributed by atoms with E-state index in [4.69, 9.17) is 14.2 Å². The first-order chi connectivity index (χ1) is 39.5. The Bertz CT molecular complexity index is 1750. The molecule has 0 aromatic carbocycles. The highest BCUT2D eigenvalue weighted by atomic mass is 16.6. The lowest BCUT2D eigenvalue weighted by Gasteiger charge is -2.18. The normalized spacial score (nSPS) is 13.1. The molecule has 452 valence electrons. The van der Waals surface area contributed by atoms with Gasteiger partial charge in [0.05, 0.1) is 0 Å². The van der Waals surface area contributed by atoms with Gasteiger partial charge in [0.2, 0.25) is 0 Å². The van der Waals surface area contributed by atoms with Crippen molar-refractivity contribution in [1.29, 1.82) is 0 Å². The van der Waals surface area contributed by atoms with Crippen molar-refractivity contribution in [3.63, 3.8) is 0 Å².